The van der Waals surface area contributed by atoms with Crippen molar-refractivity contribution in [2.75, 3.05) is 26.4 Å². The summed E-state index contributed by atoms with van der Waals surface area (Å²) in [4.78, 5) is 0. The first-order chi connectivity index (χ1) is 19.3. The van der Waals surface area contributed by atoms with Crippen molar-refractivity contribution in [3.8, 4) is 0 Å². The van der Waals surface area contributed by atoms with Gasteiger partial charge in [-0.1, -0.05) is 0 Å². The maximum absolute atomic E-state index is 10.5. The highest BCUT2D eigenvalue weighted by atomic mass is 16.8. The second-order valence-electron chi connectivity index (χ2n) is 10.3. The predicted molar refractivity (Wildman–Crippen MR) is 122 cm³/mol. The van der Waals surface area contributed by atoms with Gasteiger partial charge in [-0.25, -0.2) is 0 Å². The second kappa shape index (κ2) is 13.9. The Morgan fingerprint density at radius 2 is 1.12 bits per heavy atom. The van der Waals surface area contributed by atoms with Gasteiger partial charge in [0, 0.05) is 0 Å². The lowest BCUT2D eigenvalue weighted by atomic mass is 9.98. The minimum atomic E-state index is -1.85. The van der Waals surface area contributed by atoms with Crippen molar-refractivity contribution in [1.82, 2.24) is 0 Å². The molecular weight excluding hydrogens is 568 g/mol. The van der Waals surface area contributed by atoms with Gasteiger partial charge < -0.3 is 94.4 Å². The van der Waals surface area contributed by atoms with E-state index in [0.717, 1.165) is 0 Å². The van der Waals surface area contributed by atoms with Crippen molar-refractivity contribution in [3.63, 3.8) is 0 Å². The first kappa shape index (κ1) is 33.1. The molecular formula is C22H38O19. The molecule has 0 aromatic rings. The summed E-state index contributed by atoms with van der Waals surface area (Å²) in [5.74, 6) is 0. The van der Waals surface area contributed by atoms with Crippen LogP contribution in [0.3, 0.4) is 0 Å². The van der Waals surface area contributed by atoms with E-state index in [-0.39, 0.29) is 0 Å². The SMILES string of the molecule is OC[C@@H]1O[C@@H](O[C@H]2[C@H](OC[C@H]3O[C@H](O[C@@H]4CO[C@H](O)[C@H](O)[C@H]4O)[C@H](O)[C@@H](O)[C@@H]3O)OC[C@@H](O)[C@@H]2O)[C@@H](O)[C@H](O)[C@@H]1O. The van der Waals surface area contributed by atoms with E-state index in [4.69, 9.17) is 33.2 Å². The number of aliphatic hydroxyl groups is 12. The Morgan fingerprint density at radius 3 is 1.76 bits per heavy atom. The first-order valence-corrected chi connectivity index (χ1v) is 12.9. The van der Waals surface area contributed by atoms with Crippen LogP contribution in [0.5, 0.6) is 0 Å². The van der Waals surface area contributed by atoms with Gasteiger partial charge in [-0.3, -0.25) is 0 Å². The molecule has 4 fully saturated rings. The molecule has 4 rings (SSSR count). The zero-order chi connectivity index (χ0) is 30.2. The summed E-state index contributed by atoms with van der Waals surface area (Å²) in [5, 5.41) is 121. The van der Waals surface area contributed by atoms with Crippen LogP contribution in [0.15, 0.2) is 0 Å². The molecule has 4 heterocycles. The second-order valence-corrected chi connectivity index (χ2v) is 10.3. The highest BCUT2D eigenvalue weighted by Crippen LogP contribution is 2.30. The van der Waals surface area contributed by atoms with Gasteiger partial charge in [0.05, 0.1) is 26.4 Å². The minimum absolute atomic E-state index is 0.418. The van der Waals surface area contributed by atoms with Crippen molar-refractivity contribution in [2.45, 2.75) is 111 Å². The molecule has 0 radical (unpaired) electrons. The summed E-state index contributed by atoms with van der Waals surface area (Å²) in [6.07, 6.45) is -29.7. The van der Waals surface area contributed by atoms with E-state index in [9.17, 15) is 61.3 Å². The van der Waals surface area contributed by atoms with E-state index in [2.05, 4.69) is 0 Å². The van der Waals surface area contributed by atoms with E-state index in [1.807, 2.05) is 0 Å². The third kappa shape index (κ3) is 6.99. The average molecular weight is 607 g/mol. The zero-order valence-corrected chi connectivity index (χ0v) is 21.4. The number of rotatable bonds is 8. The first-order valence-electron chi connectivity index (χ1n) is 12.9. The van der Waals surface area contributed by atoms with Crippen LogP contribution in [0.2, 0.25) is 0 Å². The highest BCUT2D eigenvalue weighted by Gasteiger charge is 2.51. The van der Waals surface area contributed by atoms with Crippen molar-refractivity contribution < 1.29 is 94.4 Å². The molecule has 18 atom stereocenters. The lowest BCUT2D eigenvalue weighted by molar-refractivity contribution is -0.366. The smallest absolute Gasteiger partial charge is 0.187 e. The summed E-state index contributed by atoms with van der Waals surface area (Å²) in [6, 6.07) is 0. The molecule has 0 aromatic carbocycles. The van der Waals surface area contributed by atoms with Gasteiger partial charge in [0.1, 0.15) is 85.5 Å². The standard InChI is InChI=1S/C22H38O19/c23-1-6-10(26)13(29)17(33)21(38-6)41-18-9(25)5(24)2-36-22(18)37-4-8-11(27)14(30)16(32)20(40-8)39-7-3-35-19(34)15(31)12(7)28/h5-34H,1-4H2/t5-,6+,7-,8-,9+,10-,11-,12+,13-,14+,15-,16-,17+,18-,19+,20+,21+,22+/m1/s1. The molecule has 0 aliphatic carbocycles. The minimum Gasteiger partial charge on any atom is -0.394 e. The monoisotopic (exact) mass is 606 g/mol. The summed E-state index contributed by atoms with van der Waals surface area (Å²) in [5.41, 5.74) is 0. The lowest BCUT2D eigenvalue weighted by Crippen LogP contribution is -2.64. The fourth-order valence-electron chi connectivity index (χ4n) is 4.82. The zero-order valence-electron chi connectivity index (χ0n) is 21.4. The summed E-state index contributed by atoms with van der Waals surface area (Å²) in [6.45, 7) is -2.24. The lowest BCUT2D eigenvalue weighted by Gasteiger charge is -2.45. The molecule has 0 unspecified atom stereocenters. The van der Waals surface area contributed by atoms with Crippen LogP contribution < -0.4 is 0 Å². The van der Waals surface area contributed by atoms with Crippen LogP contribution in [-0.2, 0) is 33.2 Å². The Hall–Kier alpha value is -0.760. The van der Waals surface area contributed by atoms with E-state index < -0.39 is 137 Å². The summed E-state index contributed by atoms with van der Waals surface area (Å²) >= 11 is 0. The molecule has 0 bridgehead atoms. The molecule has 19 nitrogen and oxygen atoms in total. The Kier molecular flexibility index (Phi) is 11.2. The van der Waals surface area contributed by atoms with Crippen molar-refractivity contribution in [2.24, 2.45) is 0 Å². The van der Waals surface area contributed by atoms with Gasteiger partial charge in [0.25, 0.3) is 0 Å². The number of aliphatic hydroxyl groups excluding tert-OH is 12. The summed E-state index contributed by atoms with van der Waals surface area (Å²) in [7, 11) is 0. The predicted octanol–water partition coefficient (Wildman–Crippen LogP) is -8.47. The van der Waals surface area contributed by atoms with Gasteiger partial charge in [-0.2, -0.15) is 0 Å². The Bertz CT molecular complexity index is 822. The summed E-state index contributed by atoms with van der Waals surface area (Å²) < 4.78 is 37.6. The molecule has 0 spiro atoms. The largest absolute Gasteiger partial charge is 0.394 e. The fraction of sp³-hybridized carbons (Fsp3) is 1.00. The average Bonchev–Trinajstić information content (AvgIpc) is 2.95. The van der Waals surface area contributed by atoms with Crippen molar-refractivity contribution in [3.05, 3.63) is 0 Å². The molecule has 12 N–H and O–H groups in total. The normalized spacial score (nSPS) is 53.3. The van der Waals surface area contributed by atoms with Crippen LogP contribution in [0, 0.1) is 0 Å². The maximum Gasteiger partial charge on any atom is 0.187 e. The molecule has 4 saturated heterocycles. The third-order valence-corrected chi connectivity index (χ3v) is 7.43. The Labute approximate surface area is 232 Å². The molecule has 0 aromatic heterocycles. The Balaban J connectivity index is 1.41. The van der Waals surface area contributed by atoms with E-state index >= 15 is 0 Å². The van der Waals surface area contributed by atoms with Crippen LogP contribution in [-0.4, -0.2) is 198 Å². The third-order valence-electron chi connectivity index (χ3n) is 7.43. The van der Waals surface area contributed by atoms with Gasteiger partial charge in [-0.05, 0) is 0 Å². The molecule has 4 aliphatic heterocycles. The number of ether oxygens (including phenoxy) is 7. The fourth-order valence-corrected chi connectivity index (χ4v) is 4.82. The molecule has 0 saturated carbocycles. The quantitative estimate of drug-likeness (QED) is 0.122. The maximum atomic E-state index is 10.5. The van der Waals surface area contributed by atoms with Gasteiger partial charge in [0.2, 0.25) is 0 Å². The van der Waals surface area contributed by atoms with Crippen LogP contribution in [0.4, 0.5) is 0 Å². The molecule has 240 valence electrons. The van der Waals surface area contributed by atoms with Gasteiger partial charge >= 0.3 is 0 Å². The molecule has 4 aliphatic rings. The number of hydrogen-bond acceptors (Lipinski definition) is 19. The highest BCUT2D eigenvalue weighted by molar-refractivity contribution is 4.93. The van der Waals surface area contributed by atoms with Crippen LogP contribution in [0.25, 0.3) is 0 Å². The Morgan fingerprint density at radius 1 is 0.537 bits per heavy atom. The van der Waals surface area contributed by atoms with E-state index in [0.29, 0.717) is 0 Å². The number of hydrogen-bond donors (Lipinski definition) is 12. The van der Waals surface area contributed by atoms with Crippen molar-refractivity contribution >= 4 is 0 Å². The van der Waals surface area contributed by atoms with Crippen LogP contribution in [0.1, 0.15) is 0 Å². The molecule has 41 heavy (non-hydrogen) atoms. The van der Waals surface area contributed by atoms with Gasteiger partial charge in [0.15, 0.2) is 25.2 Å². The van der Waals surface area contributed by atoms with E-state index in [1.165, 1.54) is 0 Å². The molecule has 0 amide bonds. The topological polar surface area (TPSA) is 307 Å². The van der Waals surface area contributed by atoms with Gasteiger partial charge in [-0.15, -0.1) is 0 Å². The molecule has 19 heteroatoms. The van der Waals surface area contributed by atoms with E-state index in [1.54, 1.807) is 0 Å². The van der Waals surface area contributed by atoms with Crippen molar-refractivity contribution in [1.29, 1.82) is 0 Å². The van der Waals surface area contributed by atoms with Crippen LogP contribution >= 0.6 is 0 Å².